The van der Waals surface area contributed by atoms with Gasteiger partial charge in [0.1, 0.15) is 5.75 Å². The Bertz CT molecular complexity index is 693. The van der Waals surface area contributed by atoms with E-state index in [-0.39, 0.29) is 5.78 Å². The SMILES string of the molecule is O=C(c1cc(Br)cc(Br)c1)c1cc(Cl)cc2c1OCC2. The number of halogens is 3. The maximum absolute atomic E-state index is 12.7. The van der Waals surface area contributed by atoms with Crippen molar-refractivity contribution in [1.82, 2.24) is 0 Å². The van der Waals surface area contributed by atoms with Gasteiger partial charge in [0.2, 0.25) is 0 Å². The molecule has 5 heteroatoms. The van der Waals surface area contributed by atoms with E-state index in [0.29, 0.717) is 28.5 Å². The molecule has 0 N–H and O–H groups in total. The van der Waals surface area contributed by atoms with Crippen LogP contribution in [-0.4, -0.2) is 12.4 Å². The van der Waals surface area contributed by atoms with E-state index < -0.39 is 0 Å². The monoisotopic (exact) mass is 414 g/mol. The Balaban J connectivity index is 2.11. The molecule has 0 aromatic heterocycles. The first kappa shape index (κ1) is 14.1. The molecule has 0 amide bonds. The highest BCUT2D eigenvalue weighted by Crippen LogP contribution is 2.34. The lowest BCUT2D eigenvalue weighted by molar-refractivity contribution is 0.103. The van der Waals surface area contributed by atoms with Crippen molar-refractivity contribution in [3.8, 4) is 5.75 Å². The van der Waals surface area contributed by atoms with Crippen LogP contribution in [-0.2, 0) is 6.42 Å². The summed E-state index contributed by atoms with van der Waals surface area (Å²) in [7, 11) is 0. The van der Waals surface area contributed by atoms with Crippen molar-refractivity contribution in [2.24, 2.45) is 0 Å². The van der Waals surface area contributed by atoms with Crippen LogP contribution in [0.2, 0.25) is 5.02 Å². The number of benzene rings is 2. The molecule has 0 saturated carbocycles. The van der Waals surface area contributed by atoms with Crippen molar-refractivity contribution in [2.75, 3.05) is 6.61 Å². The average Bonchev–Trinajstić information content (AvgIpc) is 2.83. The van der Waals surface area contributed by atoms with Crippen LogP contribution < -0.4 is 4.74 Å². The Morgan fingerprint density at radius 2 is 1.80 bits per heavy atom. The fourth-order valence-corrected chi connectivity index (χ4v) is 3.81. The van der Waals surface area contributed by atoms with E-state index in [2.05, 4.69) is 31.9 Å². The Morgan fingerprint density at radius 1 is 1.10 bits per heavy atom. The van der Waals surface area contributed by atoms with Crippen LogP contribution in [0.5, 0.6) is 5.75 Å². The van der Waals surface area contributed by atoms with Crippen molar-refractivity contribution in [3.63, 3.8) is 0 Å². The maximum atomic E-state index is 12.7. The van der Waals surface area contributed by atoms with Gasteiger partial charge in [0.15, 0.2) is 5.78 Å². The summed E-state index contributed by atoms with van der Waals surface area (Å²) in [5.41, 5.74) is 2.11. The van der Waals surface area contributed by atoms with E-state index in [4.69, 9.17) is 16.3 Å². The molecule has 0 radical (unpaired) electrons. The summed E-state index contributed by atoms with van der Waals surface area (Å²) in [6.45, 7) is 0.595. The number of carbonyl (C=O) groups excluding carboxylic acids is 1. The molecule has 1 heterocycles. The van der Waals surface area contributed by atoms with Gasteiger partial charge in [-0.1, -0.05) is 43.5 Å². The summed E-state index contributed by atoms with van der Waals surface area (Å²) in [6.07, 6.45) is 0.790. The zero-order chi connectivity index (χ0) is 14.3. The van der Waals surface area contributed by atoms with Gasteiger partial charge >= 0.3 is 0 Å². The molecule has 0 fully saturated rings. The molecule has 1 aliphatic rings. The second-order valence-corrected chi connectivity index (χ2v) is 6.80. The Hall–Kier alpha value is -0.840. The van der Waals surface area contributed by atoms with Gasteiger partial charge < -0.3 is 4.74 Å². The molecule has 102 valence electrons. The van der Waals surface area contributed by atoms with Crippen LogP contribution in [0.15, 0.2) is 39.3 Å². The van der Waals surface area contributed by atoms with Crippen molar-refractivity contribution in [1.29, 1.82) is 0 Å². The van der Waals surface area contributed by atoms with Gasteiger partial charge in [-0.15, -0.1) is 0 Å². The van der Waals surface area contributed by atoms with E-state index in [9.17, 15) is 4.79 Å². The van der Waals surface area contributed by atoms with Crippen molar-refractivity contribution in [2.45, 2.75) is 6.42 Å². The first-order chi connectivity index (χ1) is 9.54. The lowest BCUT2D eigenvalue weighted by atomic mass is 10.00. The third-order valence-corrected chi connectivity index (χ3v) is 4.25. The number of hydrogen-bond acceptors (Lipinski definition) is 2. The summed E-state index contributed by atoms with van der Waals surface area (Å²) >= 11 is 12.9. The Morgan fingerprint density at radius 3 is 2.50 bits per heavy atom. The topological polar surface area (TPSA) is 26.3 Å². The van der Waals surface area contributed by atoms with E-state index in [1.54, 1.807) is 18.2 Å². The summed E-state index contributed by atoms with van der Waals surface area (Å²) < 4.78 is 7.27. The molecule has 3 rings (SSSR count). The molecule has 2 nitrogen and oxygen atoms in total. The van der Waals surface area contributed by atoms with Crippen molar-refractivity contribution < 1.29 is 9.53 Å². The number of fused-ring (bicyclic) bond motifs is 1. The minimum Gasteiger partial charge on any atom is -0.492 e. The van der Waals surface area contributed by atoms with E-state index in [0.717, 1.165) is 20.9 Å². The smallest absolute Gasteiger partial charge is 0.196 e. The van der Waals surface area contributed by atoms with Crippen LogP contribution in [0.3, 0.4) is 0 Å². The molecule has 20 heavy (non-hydrogen) atoms. The number of rotatable bonds is 2. The van der Waals surface area contributed by atoms with Crippen LogP contribution in [0, 0.1) is 0 Å². The summed E-state index contributed by atoms with van der Waals surface area (Å²) in [4.78, 5) is 12.7. The lowest BCUT2D eigenvalue weighted by Gasteiger charge is -2.09. The van der Waals surface area contributed by atoms with Crippen LogP contribution >= 0.6 is 43.5 Å². The zero-order valence-corrected chi connectivity index (χ0v) is 14.2. The number of ketones is 1. The van der Waals surface area contributed by atoms with Gasteiger partial charge in [-0.3, -0.25) is 4.79 Å². The van der Waals surface area contributed by atoms with Gasteiger partial charge in [-0.25, -0.2) is 0 Å². The highest BCUT2D eigenvalue weighted by atomic mass is 79.9. The molecule has 2 aromatic carbocycles. The molecule has 0 spiro atoms. The second kappa shape index (κ2) is 5.51. The van der Waals surface area contributed by atoms with Crippen LogP contribution in [0.1, 0.15) is 21.5 Å². The number of hydrogen-bond donors (Lipinski definition) is 0. The van der Waals surface area contributed by atoms with E-state index in [1.807, 2.05) is 12.1 Å². The fraction of sp³-hybridized carbons (Fsp3) is 0.133. The third-order valence-electron chi connectivity index (χ3n) is 3.12. The van der Waals surface area contributed by atoms with Crippen LogP contribution in [0.4, 0.5) is 0 Å². The zero-order valence-electron chi connectivity index (χ0n) is 10.3. The molecule has 0 bridgehead atoms. The molecule has 2 aromatic rings. The quantitative estimate of drug-likeness (QED) is 0.642. The number of ether oxygens (including phenoxy) is 1. The molecular weight excluding hydrogens is 407 g/mol. The highest BCUT2D eigenvalue weighted by Gasteiger charge is 2.23. The average molecular weight is 416 g/mol. The molecule has 1 aliphatic heterocycles. The minimum absolute atomic E-state index is 0.0901. The van der Waals surface area contributed by atoms with Gasteiger partial charge in [0.05, 0.1) is 12.2 Å². The third kappa shape index (κ3) is 2.65. The maximum Gasteiger partial charge on any atom is 0.196 e. The van der Waals surface area contributed by atoms with Crippen LogP contribution in [0.25, 0.3) is 0 Å². The standard InChI is InChI=1S/C15H9Br2ClO2/c16-10-3-9(4-11(17)6-10)14(19)13-7-12(18)5-8-1-2-20-15(8)13/h3-7H,1-2H2. The molecule has 0 atom stereocenters. The largest absolute Gasteiger partial charge is 0.492 e. The van der Waals surface area contributed by atoms with E-state index >= 15 is 0 Å². The van der Waals surface area contributed by atoms with Crippen molar-refractivity contribution >= 4 is 49.2 Å². The molecular formula is C15H9Br2ClO2. The van der Waals surface area contributed by atoms with Gasteiger partial charge in [-0.2, -0.15) is 0 Å². The Kier molecular flexibility index (Phi) is 3.89. The second-order valence-electron chi connectivity index (χ2n) is 4.53. The predicted octanol–water partition coefficient (Wildman–Crippen LogP) is 5.03. The fourth-order valence-electron chi connectivity index (χ4n) is 2.28. The minimum atomic E-state index is -0.0901. The molecule has 0 unspecified atom stereocenters. The lowest BCUT2D eigenvalue weighted by Crippen LogP contribution is -2.04. The van der Waals surface area contributed by atoms with Gasteiger partial charge in [0, 0.05) is 26.0 Å². The summed E-state index contributed by atoms with van der Waals surface area (Å²) in [5.74, 6) is 0.572. The predicted molar refractivity (Wildman–Crippen MR) is 85.9 cm³/mol. The first-order valence-electron chi connectivity index (χ1n) is 6.00. The summed E-state index contributed by atoms with van der Waals surface area (Å²) in [5, 5.41) is 0.562. The number of carbonyl (C=O) groups is 1. The van der Waals surface area contributed by atoms with Gasteiger partial charge in [-0.05, 0) is 35.9 Å². The normalized spacial score (nSPS) is 12.9. The summed E-state index contributed by atoms with van der Waals surface area (Å²) in [6, 6.07) is 8.99. The molecule has 0 saturated heterocycles. The Labute approximate surface area is 138 Å². The van der Waals surface area contributed by atoms with E-state index in [1.165, 1.54) is 0 Å². The first-order valence-corrected chi connectivity index (χ1v) is 7.97. The molecule has 0 aliphatic carbocycles. The highest BCUT2D eigenvalue weighted by molar-refractivity contribution is 9.11. The van der Waals surface area contributed by atoms with Gasteiger partial charge in [0.25, 0.3) is 0 Å². The van der Waals surface area contributed by atoms with Crippen molar-refractivity contribution in [3.05, 3.63) is 61.0 Å².